The molecule has 0 bridgehead atoms. The zero-order valence-corrected chi connectivity index (χ0v) is 6.02. The van der Waals surface area contributed by atoms with Crippen molar-refractivity contribution in [3.05, 3.63) is 17.0 Å². The molecule has 0 aliphatic carbocycles. The van der Waals surface area contributed by atoms with Crippen LogP contribution in [0.25, 0.3) is 0 Å². The number of hydrogen-bond donors (Lipinski definition) is 1. The highest BCUT2D eigenvalue weighted by atomic mass is 35.5. The Morgan fingerprint density at radius 1 is 1.45 bits per heavy atom. The van der Waals surface area contributed by atoms with Gasteiger partial charge in [0.2, 0.25) is 0 Å². The summed E-state index contributed by atoms with van der Waals surface area (Å²) in [6.45, 7) is 0. The third-order valence-corrected chi connectivity index (χ3v) is 1.39. The maximum Gasteiger partial charge on any atom is 0.270 e. The van der Waals surface area contributed by atoms with Crippen LogP contribution in [-0.2, 0) is 0 Å². The van der Waals surface area contributed by atoms with E-state index in [-0.39, 0.29) is 11.0 Å². The van der Waals surface area contributed by atoms with Gasteiger partial charge in [-0.3, -0.25) is 0 Å². The fourth-order valence-corrected chi connectivity index (χ4v) is 0.811. The van der Waals surface area contributed by atoms with Gasteiger partial charge in [-0.05, 0) is 0 Å². The van der Waals surface area contributed by atoms with Gasteiger partial charge < -0.3 is 5.73 Å². The van der Waals surface area contributed by atoms with Crippen molar-refractivity contribution in [2.45, 2.75) is 6.43 Å². The first-order valence-electron chi connectivity index (χ1n) is 2.67. The highest BCUT2D eigenvalue weighted by Crippen LogP contribution is 2.28. The van der Waals surface area contributed by atoms with Gasteiger partial charge in [-0.2, -0.15) is 0 Å². The smallest absolute Gasteiger partial charge is 0.270 e. The van der Waals surface area contributed by atoms with Crippen LogP contribution in [-0.4, -0.2) is 9.97 Å². The molecule has 60 valence electrons. The predicted molar refractivity (Wildman–Crippen MR) is 36.4 cm³/mol. The van der Waals surface area contributed by atoms with Gasteiger partial charge in [0.25, 0.3) is 6.43 Å². The molecular weight excluding hydrogens is 176 g/mol. The largest absolute Gasteiger partial charge is 0.383 e. The Morgan fingerprint density at radius 2 is 2.09 bits per heavy atom. The minimum absolute atomic E-state index is 0.278. The summed E-state index contributed by atoms with van der Waals surface area (Å²) in [6, 6.07) is 0. The molecule has 0 aliphatic rings. The Bertz CT molecular complexity index is 246. The van der Waals surface area contributed by atoms with Crippen LogP contribution in [0.3, 0.4) is 0 Å². The van der Waals surface area contributed by atoms with E-state index in [0.29, 0.717) is 0 Å². The molecule has 1 heterocycles. The van der Waals surface area contributed by atoms with Crippen molar-refractivity contribution in [1.29, 1.82) is 0 Å². The fourth-order valence-electron chi connectivity index (χ4n) is 0.588. The Kier molecular flexibility index (Phi) is 2.19. The van der Waals surface area contributed by atoms with Crippen molar-refractivity contribution in [1.82, 2.24) is 9.97 Å². The number of rotatable bonds is 1. The lowest BCUT2D eigenvalue weighted by atomic mass is 10.3. The monoisotopic (exact) mass is 179 g/mol. The van der Waals surface area contributed by atoms with E-state index in [2.05, 4.69) is 9.97 Å². The zero-order valence-electron chi connectivity index (χ0n) is 5.26. The number of halogens is 3. The van der Waals surface area contributed by atoms with Crippen LogP contribution in [0.5, 0.6) is 0 Å². The minimum atomic E-state index is -2.73. The maximum atomic E-state index is 12.0. The van der Waals surface area contributed by atoms with Crippen molar-refractivity contribution in [2.24, 2.45) is 0 Å². The molecule has 0 fully saturated rings. The van der Waals surface area contributed by atoms with Gasteiger partial charge in [0.1, 0.15) is 17.3 Å². The number of nitrogens with two attached hydrogens (primary N) is 1. The molecule has 3 nitrogen and oxygen atoms in total. The lowest BCUT2D eigenvalue weighted by Crippen LogP contribution is -2.00. The first-order chi connectivity index (χ1) is 5.13. The first kappa shape index (κ1) is 8.13. The van der Waals surface area contributed by atoms with Crippen molar-refractivity contribution in [3.8, 4) is 0 Å². The standard InChI is InChI=1S/C5H4ClF2N3/c6-3-2(4(7)8)5(9)11-1-10-3/h1,4H,(H2,9,10,11). The van der Waals surface area contributed by atoms with Gasteiger partial charge in [-0.25, -0.2) is 18.7 Å². The molecular formula is C5H4ClF2N3. The van der Waals surface area contributed by atoms with Crippen molar-refractivity contribution < 1.29 is 8.78 Å². The second-order valence-corrected chi connectivity index (χ2v) is 2.12. The van der Waals surface area contributed by atoms with E-state index < -0.39 is 12.0 Å². The highest BCUT2D eigenvalue weighted by molar-refractivity contribution is 6.30. The molecule has 0 radical (unpaired) electrons. The third kappa shape index (κ3) is 1.54. The third-order valence-electron chi connectivity index (χ3n) is 1.08. The van der Waals surface area contributed by atoms with Gasteiger partial charge >= 0.3 is 0 Å². The van der Waals surface area contributed by atoms with Gasteiger partial charge in [0.15, 0.2) is 0 Å². The van der Waals surface area contributed by atoms with E-state index in [9.17, 15) is 8.78 Å². The summed E-state index contributed by atoms with van der Waals surface area (Å²) in [7, 11) is 0. The summed E-state index contributed by atoms with van der Waals surface area (Å²) in [5.74, 6) is -0.278. The first-order valence-corrected chi connectivity index (χ1v) is 3.04. The second kappa shape index (κ2) is 2.96. The molecule has 0 atom stereocenters. The van der Waals surface area contributed by atoms with E-state index in [0.717, 1.165) is 6.33 Å². The van der Waals surface area contributed by atoms with E-state index in [1.165, 1.54) is 0 Å². The number of aromatic nitrogens is 2. The SMILES string of the molecule is Nc1ncnc(Cl)c1C(F)F. The summed E-state index contributed by atoms with van der Waals surface area (Å²) in [4.78, 5) is 6.72. The van der Waals surface area contributed by atoms with E-state index in [1.807, 2.05) is 0 Å². The highest BCUT2D eigenvalue weighted by Gasteiger charge is 2.16. The van der Waals surface area contributed by atoms with Gasteiger partial charge in [-0.15, -0.1) is 0 Å². The molecule has 0 amide bonds. The van der Waals surface area contributed by atoms with Crippen LogP contribution in [0.15, 0.2) is 6.33 Å². The van der Waals surface area contributed by atoms with E-state index in [1.54, 1.807) is 0 Å². The van der Waals surface area contributed by atoms with Crippen molar-refractivity contribution in [2.75, 3.05) is 5.73 Å². The number of hydrogen-bond acceptors (Lipinski definition) is 3. The number of nitrogens with zero attached hydrogens (tertiary/aromatic N) is 2. The lowest BCUT2D eigenvalue weighted by molar-refractivity contribution is 0.151. The average molecular weight is 180 g/mol. The topological polar surface area (TPSA) is 51.8 Å². The van der Waals surface area contributed by atoms with Gasteiger partial charge in [0.05, 0.1) is 5.56 Å². The molecule has 1 rings (SSSR count). The van der Waals surface area contributed by atoms with Gasteiger partial charge in [0, 0.05) is 0 Å². The molecule has 0 aliphatic heterocycles. The van der Waals surface area contributed by atoms with Crippen LogP contribution in [0, 0.1) is 0 Å². The Balaban J connectivity index is 3.21. The van der Waals surface area contributed by atoms with Crippen LogP contribution in [0.1, 0.15) is 12.0 Å². The van der Waals surface area contributed by atoms with Crippen LogP contribution < -0.4 is 5.73 Å². The van der Waals surface area contributed by atoms with E-state index >= 15 is 0 Å². The molecule has 0 saturated carbocycles. The second-order valence-electron chi connectivity index (χ2n) is 1.76. The molecule has 6 heteroatoms. The van der Waals surface area contributed by atoms with Crippen LogP contribution in [0.2, 0.25) is 5.15 Å². The van der Waals surface area contributed by atoms with E-state index in [4.69, 9.17) is 17.3 Å². The average Bonchev–Trinajstić information content (AvgIpc) is 1.85. The van der Waals surface area contributed by atoms with Gasteiger partial charge in [-0.1, -0.05) is 11.6 Å². The predicted octanol–water partition coefficient (Wildman–Crippen LogP) is 1.65. The number of alkyl halides is 2. The quantitative estimate of drug-likeness (QED) is 0.667. The summed E-state index contributed by atoms with van der Waals surface area (Å²) in [6.07, 6.45) is -1.70. The summed E-state index contributed by atoms with van der Waals surface area (Å²) in [5.41, 5.74) is 4.60. The molecule has 1 aromatic rings. The Morgan fingerprint density at radius 3 is 2.45 bits per heavy atom. The van der Waals surface area contributed by atoms with Crippen LogP contribution in [0.4, 0.5) is 14.6 Å². The maximum absolute atomic E-state index is 12.0. The number of anilines is 1. The summed E-state index contributed by atoms with van der Waals surface area (Å²) >= 11 is 5.31. The zero-order chi connectivity index (χ0) is 8.43. The molecule has 0 spiro atoms. The molecule has 0 saturated heterocycles. The fraction of sp³-hybridized carbons (Fsp3) is 0.200. The molecule has 2 N–H and O–H groups in total. The number of nitrogen functional groups attached to an aromatic ring is 1. The normalized spacial score (nSPS) is 10.5. The summed E-state index contributed by atoms with van der Waals surface area (Å²) in [5, 5.41) is -0.299. The van der Waals surface area contributed by atoms with Crippen molar-refractivity contribution >= 4 is 17.4 Å². The van der Waals surface area contributed by atoms with Crippen molar-refractivity contribution in [3.63, 3.8) is 0 Å². The Labute approximate surface area is 66.2 Å². The minimum Gasteiger partial charge on any atom is -0.383 e. The Hall–Kier alpha value is -0.970. The van der Waals surface area contributed by atoms with Crippen LogP contribution >= 0.6 is 11.6 Å². The molecule has 0 aromatic carbocycles. The lowest BCUT2D eigenvalue weighted by Gasteiger charge is -2.02. The molecule has 11 heavy (non-hydrogen) atoms. The molecule has 1 aromatic heterocycles. The summed E-state index contributed by atoms with van der Waals surface area (Å²) < 4.78 is 24.1. The molecule has 0 unspecified atom stereocenters.